The summed E-state index contributed by atoms with van der Waals surface area (Å²) in [5, 5.41) is 5.44. The zero-order chi connectivity index (χ0) is 22.3. The van der Waals surface area contributed by atoms with E-state index < -0.39 is 9.84 Å². The van der Waals surface area contributed by atoms with Gasteiger partial charge >= 0.3 is 0 Å². The van der Waals surface area contributed by atoms with Crippen molar-refractivity contribution in [2.75, 3.05) is 30.6 Å². The maximum atomic E-state index is 12.7. The number of aryl methyl sites for hydroxylation is 1. The van der Waals surface area contributed by atoms with E-state index in [2.05, 4.69) is 16.4 Å². The Balaban J connectivity index is 0.00000289. The Hall–Kier alpha value is -2.71. The molecule has 2 atom stereocenters. The third-order valence-corrected chi connectivity index (χ3v) is 7.56. The van der Waals surface area contributed by atoms with E-state index in [1.165, 1.54) is 17.6 Å². The van der Waals surface area contributed by atoms with Crippen molar-refractivity contribution in [3.63, 3.8) is 0 Å². The quantitative estimate of drug-likeness (QED) is 0.586. The molecule has 31 heavy (non-hydrogen) atoms. The van der Waals surface area contributed by atoms with Crippen molar-refractivity contribution in [1.82, 2.24) is 4.98 Å². The van der Waals surface area contributed by atoms with Crippen LogP contribution in [0.1, 0.15) is 24.9 Å². The molecular formula is C23H27N3O3S2. The number of nitrogens with one attached hydrogen (secondary N) is 1. The summed E-state index contributed by atoms with van der Waals surface area (Å²) in [6, 6.07) is 13.5. The number of rotatable bonds is 6. The SMILES string of the molecule is Cc1ccc([C@H]2C[C@H]2C(=O)Nc2nc(-c3cccc(N(C)C)c3)cs2)cc1S(C)(=O)=O.[HH]. The lowest BCUT2D eigenvalue weighted by atomic mass is 10.1. The molecular weight excluding hydrogens is 430 g/mol. The second-order valence-corrected chi connectivity index (χ2v) is 11.1. The topological polar surface area (TPSA) is 79.4 Å². The first-order valence-electron chi connectivity index (χ1n) is 9.98. The molecule has 1 aromatic heterocycles. The third kappa shape index (κ3) is 4.65. The Morgan fingerprint density at radius 2 is 2.00 bits per heavy atom. The van der Waals surface area contributed by atoms with Crippen LogP contribution in [0.3, 0.4) is 0 Å². The molecule has 1 fully saturated rings. The van der Waals surface area contributed by atoms with E-state index in [0.29, 0.717) is 16.4 Å². The van der Waals surface area contributed by atoms with Gasteiger partial charge in [-0.25, -0.2) is 13.4 Å². The van der Waals surface area contributed by atoms with Gasteiger partial charge in [-0.15, -0.1) is 11.3 Å². The Labute approximate surface area is 188 Å². The van der Waals surface area contributed by atoms with Gasteiger partial charge in [0.05, 0.1) is 10.6 Å². The van der Waals surface area contributed by atoms with Gasteiger partial charge in [-0.3, -0.25) is 4.79 Å². The van der Waals surface area contributed by atoms with E-state index in [0.717, 1.165) is 28.1 Å². The van der Waals surface area contributed by atoms with E-state index in [4.69, 9.17) is 0 Å². The molecule has 164 valence electrons. The monoisotopic (exact) mass is 457 g/mol. The van der Waals surface area contributed by atoms with Crippen LogP contribution in [0, 0.1) is 12.8 Å². The van der Waals surface area contributed by atoms with Gasteiger partial charge in [-0.05, 0) is 48.6 Å². The lowest BCUT2D eigenvalue weighted by molar-refractivity contribution is -0.117. The van der Waals surface area contributed by atoms with Crippen LogP contribution in [0.25, 0.3) is 11.3 Å². The molecule has 0 bridgehead atoms. The minimum atomic E-state index is -3.29. The molecule has 1 amide bonds. The number of anilines is 2. The molecule has 0 spiro atoms. The first kappa shape index (κ1) is 21.5. The average Bonchev–Trinajstić information content (AvgIpc) is 3.39. The predicted molar refractivity (Wildman–Crippen MR) is 128 cm³/mol. The van der Waals surface area contributed by atoms with Crippen LogP contribution >= 0.6 is 11.3 Å². The van der Waals surface area contributed by atoms with Crippen LogP contribution in [0.2, 0.25) is 0 Å². The second kappa shape index (κ2) is 8.09. The smallest absolute Gasteiger partial charge is 0.229 e. The van der Waals surface area contributed by atoms with Gasteiger partial charge in [-0.2, -0.15) is 0 Å². The molecule has 2 aromatic carbocycles. The van der Waals surface area contributed by atoms with Crippen LogP contribution < -0.4 is 10.2 Å². The third-order valence-electron chi connectivity index (χ3n) is 5.56. The summed E-state index contributed by atoms with van der Waals surface area (Å²) in [5.41, 5.74) is 4.53. The van der Waals surface area contributed by atoms with Crippen molar-refractivity contribution < 1.29 is 14.6 Å². The number of hydrogen-bond acceptors (Lipinski definition) is 6. The number of carbonyl (C=O) groups excluding carboxylic acids is 1. The van der Waals surface area contributed by atoms with Gasteiger partial charge < -0.3 is 10.2 Å². The van der Waals surface area contributed by atoms with Gasteiger partial charge in [0, 0.05) is 44.3 Å². The second-order valence-electron chi connectivity index (χ2n) is 8.22. The highest BCUT2D eigenvalue weighted by molar-refractivity contribution is 7.90. The largest absolute Gasteiger partial charge is 0.378 e. The van der Waals surface area contributed by atoms with Gasteiger partial charge in [-0.1, -0.05) is 24.3 Å². The first-order chi connectivity index (χ1) is 14.6. The summed E-state index contributed by atoms with van der Waals surface area (Å²) in [6.45, 7) is 1.78. The fourth-order valence-electron chi connectivity index (χ4n) is 3.71. The van der Waals surface area contributed by atoms with E-state index in [-0.39, 0.29) is 19.2 Å². The molecule has 3 aromatic rings. The van der Waals surface area contributed by atoms with Crippen molar-refractivity contribution in [1.29, 1.82) is 0 Å². The molecule has 0 unspecified atom stereocenters. The number of aromatic nitrogens is 1. The Morgan fingerprint density at radius 3 is 2.71 bits per heavy atom. The van der Waals surface area contributed by atoms with Gasteiger partial charge in [0.2, 0.25) is 5.91 Å². The maximum Gasteiger partial charge on any atom is 0.229 e. The van der Waals surface area contributed by atoms with Crippen molar-refractivity contribution >= 4 is 37.9 Å². The molecule has 4 rings (SSSR count). The summed E-state index contributed by atoms with van der Waals surface area (Å²) in [6.07, 6.45) is 1.92. The summed E-state index contributed by atoms with van der Waals surface area (Å²) in [7, 11) is 0.690. The summed E-state index contributed by atoms with van der Waals surface area (Å²) >= 11 is 1.40. The number of carbonyl (C=O) groups is 1. The number of nitrogens with zero attached hydrogens (tertiary/aromatic N) is 2. The molecule has 8 heteroatoms. The molecule has 1 heterocycles. The van der Waals surface area contributed by atoms with Crippen LogP contribution in [0.15, 0.2) is 52.7 Å². The highest BCUT2D eigenvalue weighted by Gasteiger charge is 2.44. The average molecular weight is 458 g/mol. The lowest BCUT2D eigenvalue weighted by Gasteiger charge is -2.12. The van der Waals surface area contributed by atoms with Gasteiger partial charge in [0.25, 0.3) is 0 Å². The van der Waals surface area contributed by atoms with E-state index in [1.807, 2.05) is 54.7 Å². The zero-order valence-electron chi connectivity index (χ0n) is 17.9. The Kier molecular flexibility index (Phi) is 5.61. The molecule has 1 aliphatic rings. The molecule has 1 aliphatic carbocycles. The minimum Gasteiger partial charge on any atom is -0.378 e. The van der Waals surface area contributed by atoms with E-state index >= 15 is 0 Å². The summed E-state index contributed by atoms with van der Waals surface area (Å²) < 4.78 is 24.0. The highest BCUT2D eigenvalue weighted by Crippen LogP contribution is 2.48. The van der Waals surface area contributed by atoms with Crippen molar-refractivity contribution in [3.8, 4) is 11.3 Å². The molecule has 1 saturated carbocycles. The fourth-order valence-corrected chi connectivity index (χ4v) is 5.43. The number of thiazole rings is 1. The molecule has 0 radical (unpaired) electrons. The zero-order valence-corrected chi connectivity index (χ0v) is 19.5. The fraction of sp³-hybridized carbons (Fsp3) is 0.304. The number of amides is 1. The van der Waals surface area contributed by atoms with E-state index in [1.54, 1.807) is 13.0 Å². The minimum absolute atomic E-state index is 0. The Morgan fingerprint density at radius 1 is 1.23 bits per heavy atom. The molecule has 0 saturated heterocycles. The highest BCUT2D eigenvalue weighted by atomic mass is 32.2. The number of benzene rings is 2. The van der Waals surface area contributed by atoms with Crippen LogP contribution in [-0.4, -0.2) is 39.7 Å². The standard InChI is InChI=1S/C23H25N3O3S2.H2/c1-14-8-9-15(11-21(14)31(4,28)29)18-12-19(18)22(27)25-23-24-20(13-30-23)16-6-5-7-17(10-16)26(2)3;/h5-11,13,18-19H,12H2,1-4H3,(H,24,25,27);1H/t18-,19-;/m1./s1. The predicted octanol–water partition coefficient (Wildman–Crippen LogP) is 4.58. The first-order valence-corrected chi connectivity index (χ1v) is 12.8. The van der Waals surface area contributed by atoms with Crippen LogP contribution in [0.5, 0.6) is 0 Å². The van der Waals surface area contributed by atoms with Gasteiger partial charge in [0.15, 0.2) is 15.0 Å². The lowest BCUT2D eigenvalue weighted by Crippen LogP contribution is -2.14. The van der Waals surface area contributed by atoms with E-state index in [9.17, 15) is 13.2 Å². The number of hydrogen-bond donors (Lipinski definition) is 1. The van der Waals surface area contributed by atoms with Crippen molar-refractivity contribution in [2.45, 2.75) is 24.2 Å². The number of sulfone groups is 1. The maximum absolute atomic E-state index is 12.7. The molecule has 0 aliphatic heterocycles. The van der Waals surface area contributed by atoms with Gasteiger partial charge in [0.1, 0.15) is 0 Å². The molecule has 1 N–H and O–H groups in total. The van der Waals surface area contributed by atoms with Crippen molar-refractivity contribution in [3.05, 3.63) is 59.0 Å². The molecule has 6 nitrogen and oxygen atoms in total. The van der Waals surface area contributed by atoms with Crippen LogP contribution in [-0.2, 0) is 14.6 Å². The summed E-state index contributed by atoms with van der Waals surface area (Å²) in [4.78, 5) is 19.7. The van der Waals surface area contributed by atoms with Crippen molar-refractivity contribution in [2.24, 2.45) is 5.92 Å². The Bertz CT molecular complexity index is 1250. The van der Waals surface area contributed by atoms with Crippen LogP contribution in [0.4, 0.5) is 10.8 Å². The normalized spacial score (nSPS) is 17.9. The summed E-state index contributed by atoms with van der Waals surface area (Å²) in [5.74, 6) is -0.203.